The van der Waals surface area contributed by atoms with Crippen molar-refractivity contribution in [3.63, 3.8) is 0 Å². The van der Waals surface area contributed by atoms with E-state index in [0.717, 1.165) is 19.5 Å². The lowest BCUT2D eigenvalue weighted by Gasteiger charge is -2.30. The van der Waals surface area contributed by atoms with Gasteiger partial charge in [0, 0.05) is 39.8 Å². The third kappa shape index (κ3) is 4.44. The average Bonchev–Trinajstić information content (AvgIpc) is 2.32. The van der Waals surface area contributed by atoms with Crippen molar-refractivity contribution in [2.75, 3.05) is 40.0 Å². The van der Waals surface area contributed by atoms with Gasteiger partial charge in [-0.15, -0.1) is 0 Å². The molecule has 1 aliphatic rings. The maximum absolute atomic E-state index is 11.6. The lowest BCUT2D eigenvalue weighted by molar-refractivity contribution is -0.153. The van der Waals surface area contributed by atoms with Gasteiger partial charge in [-0.05, 0) is 13.3 Å². The highest BCUT2D eigenvalue weighted by molar-refractivity contribution is 5.99. The molecule has 0 aliphatic carbocycles. The zero-order valence-electron chi connectivity index (χ0n) is 10.6. The Morgan fingerprint density at radius 1 is 1.53 bits per heavy atom. The summed E-state index contributed by atoms with van der Waals surface area (Å²) in [6, 6.07) is 0. The predicted molar refractivity (Wildman–Crippen MR) is 62.7 cm³/mol. The maximum atomic E-state index is 11.6. The van der Waals surface area contributed by atoms with Crippen LogP contribution in [0.5, 0.6) is 0 Å². The number of likely N-dealkylation sites (tertiary alicyclic amines) is 1. The number of hydrogen-bond acceptors (Lipinski definition) is 5. The van der Waals surface area contributed by atoms with Crippen molar-refractivity contribution < 1.29 is 19.1 Å². The Morgan fingerprint density at radius 2 is 2.29 bits per heavy atom. The molecule has 1 atom stereocenters. The van der Waals surface area contributed by atoms with E-state index in [1.807, 2.05) is 0 Å². The molecule has 0 aromatic carbocycles. The molecule has 0 saturated carbocycles. The third-order valence-electron chi connectivity index (χ3n) is 2.90. The first-order valence-corrected chi connectivity index (χ1v) is 6.09. The first kappa shape index (κ1) is 14.1. The second-order valence-corrected chi connectivity index (χ2v) is 4.17. The van der Waals surface area contributed by atoms with Gasteiger partial charge in [0.2, 0.25) is 0 Å². The van der Waals surface area contributed by atoms with Gasteiger partial charge in [0.1, 0.15) is 11.7 Å². The molecule has 0 amide bonds. The highest BCUT2D eigenvalue weighted by atomic mass is 16.5. The molecule has 0 aromatic rings. The van der Waals surface area contributed by atoms with Crippen LogP contribution in [0.4, 0.5) is 0 Å². The number of hydrogen-bond donors (Lipinski definition) is 0. The van der Waals surface area contributed by atoms with Crippen LogP contribution in [0, 0.1) is 5.92 Å². The predicted octanol–water partition coefficient (Wildman–Crippen LogP) is 0.477. The van der Waals surface area contributed by atoms with Crippen molar-refractivity contribution in [3.05, 3.63) is 0 Å². The summed E-state index contributed by atoms with van der Waals surface area (Å²) in [6.45, 7) is 4.86. The SMILES string of the molecule is CCOC(=O)C1CN(CCCOC)CCC1=O. The van der Waals surface area contributed by atoms with Crippen molar-refractivity contribution in [1.29, 1.82) is 0 Å². The van der Waals surface area contributed by atoms with E-state index in [9.17, 15) is 9.59 Å². The minimum Gasteiger partial charge on any atom is -0.465 e. The van der Waals surface area contributed by atoms with E-state index in [0.29, 0.717) is 26.2 Å². The third-order valence-corrected chi connectivity index (χ3v) is 2.90. The van der Waals surface area contributed by atoms with Crippen LogP contribution in [0.3, 0.4) is 0 Å². The van der Waals surface area contributed by atoms with Crippen molar-refractivity contribution in [2.24, 2.45) is 5.92 Å². The second-order valence-electron chi connectivity index (χ2n) is 4.17. The summed E-state index contributed by atoms with van der Waals surface area (Å²) < 4.78 is 9.90. The van der Waals surface area contributed by atoms with E-state index >= 15 is 0 Å². The fourth-order valence-electron chi connectivity index (χ4n) is 1.98. The lowest BCUT2D eigenvalue weighted by atomic mass is 9.96. The van der Waals surface area contributed by atoms with Gasteiger partial charge in [-0.25, -0.2) is 0 Å². The Kier molecular flexibility index (Phi) is 6.15. The molecular formula is C12H21NO4. The van der Waals surface area contributed by atoms with Crippen LogP contribution < -0.4 is 0 Å². The maximum Gasteiger partial charge on any atom is 0.317 e. The normalized spacial score (nSPS) is 21.5. The lowest BCUT2D eigenvalue weighted by Crippen LogP contribution is -2.45. The summed E-state index contributed by atoms with van der Waals surface area (Å²) >= 11 is 0. The van der Waals surface area contributed by atoms with Gasteiger partial charge in [0.15, 0.2) is 0 Å². The molecule has 0 radical (unpaired) electrons. The Morgan fingerprint density at radius 3 is 2.94 bits per heavy atom. The minimum atomic E-state index is -0.591. The van der Waals surface area contributed by atoms with E-state index in [1.54, 1.807) is 14.0 Å². The largest absolute Gasteiger partial charge is 0.465 e. The molecule has 1 aliphatic heterocycles. The second kappa shape index (κ2) is 7.40. The quantitative estimate of drug-likeness (QED) is 0.386. The molecular weight excluding hydrogens is 222 g/mol. The van der Waals surface area contributed by atoms with Crippen LogP contribution in [0.15, 0.2) is 0 Å². The zero-order valence-corrected chi connectivity index (χ0v) is 10.6. The number of carbonyl (C=O) groups is 2. The van der Waals surface area contributed by atoms with Gasteiger partial charge >= 0.3 is 5.97 Å². The monoisotopic (exact) mass is 243 g/mol. The Balaban J connectivity index is 2.41. The molecule has 5 heteroatoms. The highest BCUT2D eigenvalue weighted by Crippen LogP contribution is 2.15. The number of carbonyl (C=O) groups excluding carboxylic acids is 2. The molecule has 98 valence electrons. The molecule has 1 heterocycles. The molecule has 1 fully saturated rings. The van der Waals surface area contributed by atoms with E-state index in [4.69, 9.17) is 9.47 Å². The first-order valence-electron chi connectivity index (χ1n) is 6.09. The Bertz CT molecular complexity index is 267. The number of piperidine rings is 1. The number of ketones is 1. The topological polar surface area (TPSA) is 55.8 Å². The van der Waals surface area contributed by atoms with Crippen molar-refractivity contribution >= 4 is 11.8 Å². The summed E-state index contributed by atoms with van der Waals surface area (Å²) in [5, 5.41) is 0. The van der Waals surface area contributed by atoms with Crippen LogP contribution in [0.25, 0.3) is 0 Å². The number of Topliss-reactive ketones (excluding diaryl/α,β-unsaturated/α-hetero) is 1. The van der Waals surface area contributed by atoms with Gasteiger partial charge < -0.3 is 14.4 Å². The van der Waals surface area contributed by atoms with Gasteiger partial charge in [-0.1, -0.05) is 0 Å². The van der Waals surface area contributed by atoms with Crippen molar-refractivity contribution in [1.82, 2.24) is 4.90 Å². The smallest absolute Gasteiger partial charge is 0.317 e. The van der Waals surface area contributed by atoms with Crippen LogP contribution in [-0.2, 0) is 19.1 Å². The fraction of sp³-hybridized carbons (Fsp3) is 0.833. The summed E-state index contributed by atoms with van der Waals surface area (Å²) in [5.41, 5.74) is 0. The number of nitrogens with zero attached hydrogens (tertiary/aromatic N) is 1. The number of rotatable bonds is 6. The van der Waals surface area contributed by atoms with Gasteiger partial charge in [-0.2, -0.15) is 0 Å². The van der Waals surface area contributed by atoms with Crippen LogP contribution in [-0.4, -0.2) is 56.6 Å². The van der Waals surface area contributed by atoms with E-state index in [-0.39, 0.29) is 11.8 Å². The summed E-state index contributed by atoms with van der Waals surface area (Å²) in [6.07, 6.45) is 1.36. The van der Waals surface area contributed by atoms with Crippen LogP contribution >= 0.6 is 0 Å². The van der Waals surface area contributed by atoms with E-state index in [1.165, 1.54) is 0 Å². The van der Waals surface area contributed by atoms with Gasteiger partial charge in [-0.3, -0.25) is 9.59 Å². The first-order chi connectivity index (χ1) is 8.19. The standard InChI is InChI=1S/C12H21NO4/c1-3-17-12(15)10-9-13(6-4-8-16-2)7-5-11(10)14/h10H,3-9H2,1-2H3. The molecule has 1 rings (SSSR count). The zero-order chi connectivity index (χ0) is 12.7. The summed E-state index contributed by atoms with van der Waals surface area (Å²) in [4.78, 5) is 25.4. The number of esters is 1. The van der Waals surface area contributed by atoms with Crippen molar-refractivity contribution in [3.8, 4) is 0 Å². The van der Waals surface area contributed by atoms with E-state index < -0.39 is 5.92 Å². The van der Waals surface area contributed by atoms with Gasteiger partial charge in [0.25, 0.3) is 0 Å². The molecule has 0 N–H and O–H groups in total. The van der Waals surface area contributed by atoms with Crippen LogP contribution in [0.2, 0.25) is 0 Å². The Labute approximate surface area is 102 Å². The molecule has 1 saturated heterocycles. The molecule has 0 aromatic heterocycles. The molecule has 5 nitrogen and oxygen atoms in total. The summed E-state index contributed by atoms with van der Waals surface area (Å²) in [5.74, 6) is -0.966. The number of ether oxygens (including phenoxy) is 2. The average molecular weight is 243 g/mol. The molecule has 1 unspecified atom stereocenters. The minimum absolute atomic E-state index is 0.00596. The fourth-order valence-corrected chi connectivity index (χ4v) is 1.98. The number of methoxy groups -OCH3 is 1. The van der Waals surface area contributed by atoms with Crippen LogP contribution in [0.1, 0.15) is 19.8 Å². The Hall–Kier alpha value is -0.940. The summed E-state index contributed by atoms with van der Waals surface area (Å²) in [7, 11) is 1.67. The molecule has 0 spiro atoms. The highest BCUT2D eigenvalue weighted by Gasteiger charge is 2.33. The van der Waals surface area contributed by atoms with Gasteiger partial charge in [0.05, 0.1) is 6.61 Å². The molecule has 0 bridgehead atoms. The van der Waals surface area contributed by atoms with Crippen molar-refractivity contribution in [2.45, 2.75) is 19.8 Å². The van der Waals surface area contributed by atoms with E-state index in [2.05, 4.69) is 4.90 Å². The molecule has 17 heavy (non-hydrogen) atoms.